The van der Waals surface area contributed by atoms with Gasteiger partial charge in [0.2, 0.25) is 10.0 Å². The highest BCUT2D eigenvalue weighted by Gasteiger charge is 2.35. The number of sulfonamides is 1. The van der Waals surface area contributed by atoms with Gasteiger partial charge in [-0.25, -0.2) is 21.5 Å². The second-order valence-electron chi connectivity index (χ2n) is 8.03. The Bertz CT molecular complexity index is 1540. The third-order valence-corrected chi connectivity index (χ3v) is 7.04. The van der Waals surface area contributed by atoms with E-state index in [1.165, 1.54) is 34.9 Å². The van der Waals surface area contributed by atoms with Gasteiger partial charge in [-0.3, -0.25) is 19.1 Å². The molecule has 1 amide bonds. The minimum absolute atomic E-state index is 0.0159. The molecular formula is C23H20ClF2N3O6S. The Balaban J connectivity index is 1.73. The molecule has 3 aromatic rings. The summed E-state index contributed by atoms with van der Waals surface area (Å²) in [5.41, 5.74) is 0.411. The average Bonchev–Trinajstić information content (AvgIpc) is 3.20. The van der Waals surface area contributed by atoms with Crippen molar-refractivity contribution in [1.29, 1.82) is 0 Å². The van der Waals surface area contributed by atoms with Gasteiger partial charge in [0, 0.05) is 23.4 Å². The van der Waals surface area contributed by atoms with E-state index in [0.717, 1.165) is 21.5 Å². The number of rotatable bonds is 6. The maximum Gasteiger partial charge on any atom is 0.277 e. The van der Waals surface area contributed by atoms with Crippen LogP contribution >= 0.6 is 11.6 Å². The first-order valence-electron chi connectivity index (χ1n) is 10.4. The molecule has 9 nitrogen and oxygen atoms in total. The number of aromatic nitrogens is 1. The first kappa shape index (κ1) is 25.6. The molecule has 0 spiro atoms. The zero-order chi connectivity index (χ0) is 26.4. The van der Waals surface area contributed by atoms with E-state index in [0.29, 0.717) is 11.8 Å². The van der Waals surface area contributed by atoms with Crippen LogP contribution in [0.4, 0.5) is 20.2 Å². The van der Waals surface area contributed by atoms with E-state index in [4.69, 9.17) is 16.3 Å². The van der Waals surface area contributed by atoms with Crippen LogP contribution in [-0.2, 0) is 21.4 Å². The molecule has 36 heavy (non-hydrogen) atoms. The van der Waals surface area contributed by atoms with Crippen molar-refractivity contribution in [1.82, 2.24) is 4.57 Å². The molecule has 0 atom stereocenters. The average molecular weight is 540 g/mol. The quantitative estimate of drug-likeness (QED) is 0.516. The first-order chi connectivity index (χ1) is 16.9. The molecular weight excluding hydrogens is 520 g/mol. The predicted octanol–water partition coefficient (Wildman–Crippen LogP) is 2.72. The normalized spacial score (nSPS) is 13.2. The molecule has 1 N–H and O–H groups in total. The van der Waals surface area contributed by atoms with Crippen LogP contribution in [0.1, 0.15) is 11.3 Å². The van der Waals surface area contributed by atoms with Gasteiger partial charge in [0.15, 0.2) is 0 Å². The number of aliphatic hydroxyl groups is 1. The fourth-order valence-corrected chi connectivity index (χ4v) is 4.87. The van der Waals surface area contributed by atoms with Gasteiger partial charge in [-0.1, -0.05) is 11.6 Å². The standard InChI is InChI=1S/C23H20ClF2N3O6S/c1-13-7-20(35-11-14-3-4-15(25)8-17(14)26)22(24)23(32)29(13)16-5-6-18-19(9-16)28(36(2,33)34)12-27(18)21(31)10-30/h3-9,30H,10-12H2,1-2H3. The van der Waals surface area contributed by atoms with Gasteiger partial charge in [-0.05, 0) is 37.3 Å². The number of aryl methyl sites for hydroxylation is 1. The minimum Gasteiger partial charge on any atom is -0.487 e. The van der Waals surface area contributed by atoms with E-state index in [-0.39, 0.29) is 46.7 Å². The Morgan fingerprint density at radius 3 is 2.50 bits per heavy atom. The molecule has 1 aromatic heterocycles. The smallest absolute Gasteiger partial charge is 0.277 e. The molecule has 2 aromatic carbocycles. The van der Waals surface area contributed by atoms with Gasteiger partial charge in [0.25, 0.3) is 11.5 Å². The molecule has 0 unspecified atom stereocenters. The third kappa shape index (κ3) is 4.66. The van der Waals surface area contributed by atoms with E-state index >= 15 is 0 Å². The highest BCUT2D eigenvalue weighted by molar-refractivity contribution is 7.92. The van der Waals surface area contributed by atoms with E-state index in [2.05, 4.69) is 0 Å². The van der Waals surface area contributed by atoms with Crippen LogP contribution in [-0.4, -0.2) is 43.5 Å². The number of benzene rings is 2. The second-order valence-corrected chi connectivity index (χ2v) is 10.3. The van der Waals surface area contributed by atoms with Gasteiger partial charge in [-0.15, -0.1) is 0 Å². The van der Waals surface area contributed by atoms with Crippen LogP contribution in [0, 0.1) is 18.6 Å². The number of fused-ring (bicyclic) bond motifs is 1. The molecule has 13 heteroatoms. The summed E-state index contributed by atoms with van der Waals surface area (Å²) in [6, 6.07) is 8.85. The predicted molar refractivity (Wildman–Crippen MR) is 129 cm³/mol. The lowest BCUT2D eigenvalue weighted by molar-refractivity contribution is -0.121. The SMILES string of the molecule is Cc1cc(OCc2ccc(F)cc2F)c(Cl)c(=O)n1-c1ccc2c(c1)N(S(C)(=O)=O)CN2C(=O)CO. The number of aliphatic hydroxyl groups excluding tert-OH is 1. The lowest BCUT2D eigenvalue weighted by Gasteiger charge is -2.18. The fourth-order valence-electron chi connectivity index (χ4n) is 3.84. The van der Waals surface area contributed by atoms with E-state index in [9.17, 15) is 31.9 Å². The van der Waals surface area contributed by atoms with Crippen LogP contribution < -0.4 is 19.5 Å². The monoisotopic (exact) mass is 539 g/mol. The molecule has 2 heterocycles. The van der Waals surface area contributed by atoms with Crippen molar-refractivity contribution < 1.29 is 31.8 Å². The summed E-state index contributed by atoms with van der Waals surface area (Å²) in [6.07, 6.45) is 0.973. The molecule has 0 bridgehead atoms. The number of amides is 1. The van der Waals surface area contributed by atoms with E-state index in [1.807, 2.05) is 0 Å². The number of pyridine rings is 1. The van der Waals surface area contributed by atoms with Crippen molar-refractivity contribution in [3.05, 3.63) is 80.7 Å². The summed E-state index contributed by atoms with van der Waals surface area (Å²) >= 11 is 6.25. The highest BCUT2D eigenvalue weighted by Crippen LogP contribution is 2.39. The molecule has 190 valence electrons. The third-order valence-electron chi connectivity index (χ3n) is 5.58. The van der Waals surface area contributed by atoms with Crippen LogP contribution in [0.2, 0.25) is 5.02 Å². The lowest BCUT2D eigenvalue weighted by atomic mass is 10.2. The van der Waals surface area contributed by atoms with E-state index < -0.39 is 39.7 Å². The number of halogens is 3. The van der Waals surface area contributed by atoms with Crippen LogP contribution in [0.15, 0.2) is 47.3 Å². The first-order valence-corrected chi connectivity index (χ1v) is 12.7. The molecule has 4 rings (SSSR count). The van der Waals surface area contributed by atoms with Gasteiger partial charge in [0.1, 0.15) is 42.3 Å². The Labute approximate surface area is 209 Å². The Kier molecular flexibility index (Phi) is 6.78. The summed E-state index contributed by atoms with van der Waals surface area (Å²) in [7, 11) is -3.79. The molecule has 0 saturated carbocycles. The van der Waals surface area contributed by atoms with Crippen molar-refractivity contribution in [3.8, 4) is 11.4 Å². The van der Waals surface area contributed by atoms with Crippen LogP contribution in [0.3, 0.4) is 0 Å². The van der Waals surface area contributed by atoms with Gasteiger partial charge in [-0.2, -0.15) is 0 Å². The molecule has 1 aliphatic heterocycles. The number of hydrogen-bond donors (Lipinski definition) is 1. The maximum atomic E-state index is 13.9. The molecule has 0 fully saturated rings. The number of hydrogen-bond acceptors (Lipinski definition) is 6. The number of carbonyl (C=O) groups excluding carboxylic acids is 1. The highest BCUT2D eigenvalue weighted by atomic mass is 35.5. The molecule has 1 aliphatic rings. The number of carbonyl (C=O) groups is 1. The van der Waals surface area contributed by atoms with Crippen molar-refractivity contribution in [2.75, 3.05) is 28.7 Å². The molecule has 0 saturated heterocycles. The Hall–Kier alpha value is -3.48. The van der Waals surface area contributed by atoms with Gasteiger partial charge >= 0.3 is 0 Å². The Morgan fingerprint density at radius 2 is 1.86 bits per heavy atom. The zero-order valence-corrected chi connectivity index (χ0v) is 20.6. The summed E-state index contributed by atoms with van der Waals surface area (Å²) in [4.78, 5) is 26.4. The Morgan fingerprint density at radius 1 is 1.14 bits per heavy atom. The maximum absolute atomic E-state index is 13.9. The lowest BCUT2D eigenvalue weighted by Crippen LogP contribution is -2.39. The van der Waals surface area contributed by atoms with Gasteiger partial charge in [0.05, 0.1) is 23.3 Å². The molecule has 0 aliphatic carbocycles. The fraction of sp³-hybridized carbons (Fsp3) is 0.217. The largest absolute Gasteiger partial charge is 0.487 e. The summed E-state index contributed by atoms with van der Waals surface area (Å²) < 4.78 is 59.4. The number of nitrogens with zero attached hydrogens (tertiary/aromatic N) is 3. The minimum atomic E-state index is -3.79. The topological polar surface area (TPSA) is 109 Å². The molecule has 0 radical (unpaired) electrons. The zero-order valence-electron chi connectivity index (χ0n) is 19.0. The van der Waals surface area contributed by atoms with Crippen molar-refractivity contribution in [2.45, 2.75) is 13.5 Å². The second kappa shape index (κ2) is 9.52. The van der Waals surface area contributed by atoms with Crippen molar-refractivity contribution in [2.24, 2.45) is 0 Å². The van der Waals surface area contributed by atoms with E-state index in [1.54, 1.807) is 6.92 Å². The number of anilines is 2. The van der Waals surface area contributed by atoms with Crippen LogP contribution in [0.25, 0.3) is 5.69 Å². The summed E-state index contributed by atoms with van der Waals surface area (Å²) in [5.74, 6) is -2.25. The van der Waals surface area contributed by atoms with Crippen molar-refractivity contribution >= 4 is 38.9 Å². The summed E-state index contributed by atoms with van der Waals surface area (Å²) in [6.45, 7) is 0.159. The summed E-state index contributed by atoms with van der Waals surface area (Å²) in [5, 5.41) is 8.94. The van der Waals surface area contributed by atoms with Gasteiger partial charge < -0.3 is 9.84 Å². The number of ether oxygens (including phenoxy) is 1. The van der Waals surface area contributed by atoms with Crippen molar-refractivity contribution in [3.63, 3.8) is 0 Å². The van der Waals surface area contributed by atoms with Crippen LogP contribution in [0.5, 0.6) is 5.75 Å².